The van der Waals surface area contributed by atoms with Crippen LogP contribution in [0.4, 0.5) is 0 Å². The minimum Gasteiger partial charge on any atom is -0.437 e. The molecule has 0 amide bonds. The Hall–Kier alpha value is -3.52. The summed E-state index contributed by atoms with van der Waals surface area (Å²) in [5.41, 5.74) is 2.52. The smallest absolute Gasteiger partial charge is 0.336 e. The second kappa shape index (κ2) is 6.03. The van der Waals surface area contributed by atoms with E-state index in [4.69, 9.17) is 9.15 Å². The summed E-state index contributed by atoms with van der Waals surface area (Å²) in [7, 11) is 0. The Morgan fingerprint density at radius 3 is 2.89 bits per heavy atom. The zero-order chi connectivity index (χ0) is 18.4. The van der Waals surface area contributed by atoms with Gasteiger partial charge in [-0.25, -0.2) is 4.79 Å². The normalized spacial score (nSPS) is 11.3. The molecule has 0 aliphatic heterocycles. The van der Waals surface area contributed by atoms with Crippen LogP contribution in [0.5, 0.6) is 11.6 Å². The zero-order valence-corrected chi connectivity index (χ0v) is 14.9. The highest BCUT2D eigenvalue weighted by atomic mass is 32.1. The third-order valence-electron chi connectivity index (χ3n) is 4.16. The molecule has 0 unspecified atom stereocenters. The van der Waals surface area contributed by atoms with E-state index in [1.165, 1.54) is 6.07 Å². The zero-order valence-electron chi connectivity index (χ0n) is 14.1. The van der Waals surface area contributed by atoms with Gasteiger partial charge in [0.1, 0.15) is 11.3 Å². The van der Waals surface area contributed by atoms with Gasteiger partial charge in [-0.15, -0.1) is 15.3 Å². The van der Waals surface area contributed by atoms with E-state index in [2.05, 4.69) is 15.3 Å². The van der Waals surface area contributed by atoms with Crippen LogP contribution in [0.15, 0.2) is 62.4 Å². The molecule has 5 rings (SSSR count). The van der Waals surface area contributed by atoms with E-state index in [1.807, 2.05) is 35.9 Å². The van der Waals surface area contributed by atoms with Gasteiger partial charge in [0, 0.05) is 34.5 Å². The van der Waals surface area contributed by atoms with Gasteiger partial charge < -0.3 is 9.15 Å². The second-order valence-electron chi connectivity index (χ2n) is 5.99. The van der Waals surface area contributed by atoms with Gasteiger partial charge in [0.2, 0.25) is 5.88 Å². The highest BCUT2D eigenvalue weighted by molar-refractivity contribution is 7.08. The highest BCUT2D eigenvalue weighted by Crippen LogP contribution is 2.26. The Morgan fingerprint density at radius 1 is 1.11 bits per heavy atom. The highest BCUT2D eigenvalue weighted by Gasteiger charge is 2.12. The van der Waals surface area contributed by atoms with Gasteiger partial charge in [-0.3, -0.25) is 0 Å². The van der Waals surface area contributed by atoms with Crippen LogP contribution >= 0.6 is 11.3 Å². The van der Waals surface area contributed by atoms with Gasteiger partial charge in [-0.2, -0.15) is 15.9 Å². The van der Waals surface area contributed by atoms with Gasteiger partial charge in [0.25, 0.3) is 0 Å². The summed E-state index contributed by atoms with van der Waals surface area (Å²) < 4.78 is 12.8. The van der Waals surface area contributed by atoms with E-state index in [1.54, 1.807) is 34.1 Å². The SMILES string of the molecule is Cc1cc(=O)oc2cc(Oc3ccc4nnc(-c5ccsc5)n4n3)ccc12. The number of hydrogen-bond acceptors (Lipinski definition) is 7. The molecule has 0 atom stereocenters. The summed E-state index contributed by atoms with van der Waals surface area (Å²) in [6.45, 7) is 1.87. The molecule has 0 saturated carbocycles. The molecule has 0 aliphatic rings. The predicted molar refractivity (Wildman–Crippen MR) is 101 cm³/mol. The van der Waals surface area contributed by atoms with E-state index >= 15 is 0 Å². The maximum Gasteiger partial charge on any atom is 0.336 e. The largest absolute Gasteiger partial charge is 0.437 e. The first-order chi connectivity index (χ1) is 13.2. The van der Waals surface area contributed by atoms with Crippen molar-refractivity contribution >= 4 is 28.0 Å². The van der Waals surface area contributed by atoms with Crippen molar-refractivity contribution in [2.45, 2.75) is 6.92 Å². The molecule has 0 saturated heterocycles. The number of benzene rings is 1. The molecule has 1 aromatic carbocycles. The van der Waals surface area contributed by atoms with Crippen molar-refractivity contribution in [2.24, 2.45) is 0 Å². The number of aromatic nitrogens is 4. The van der Waals surface area contributed by atoms with Crippen LogP contribution in [0, 0.1) is 6.92 Å². The van der Waals surface area contributed by atoms with E-state index in [0.29, 0.717) is 28.7 Å². The number of rotatable bonds is 3. The molecule has 4 aromatic heterocycles. The first-order valence-corrected chi connectivity index (χ1v) is 9.09. The third kappa shape index (κ3) is 2.76. The molecule has 0 N–H and O–H groups in total. The van der Waals surface area contributed by atoms with Gasteiger partial charge >= 0.3 is 5.63 Å². The van der Waals surface area contributed by atoms with E-state index in [0.717, 1.165) is 16.5 Å². The Morgan fingerprint density at radius 2 is 2.04 bits per heavy atom. The second-order valence-corrected chi connectivity index (χ2v) is 6.77. The molecular formula is C19H12N4O3S. The molecule has 4 heterocycles. The van der Waals surface area contributed by atoms with Crippen LogP contribution in [0.25, 0.3) is 28.0 Å². The van der Waals surface area contributed by atoms with Crippen molar-refractivity contribution in [3.05, 3.63) is 69.2 Å². The Balaban J connectivity index is 1.55. The molecule has 5 aromatic rings. The minimum absolute atomic E-state index is 0.383. The van der Waals surface area contributed by atoms with E-state index < -0.39 is 0 Å². The van der Waals surface area contributed by atoms with Crippen LogP contribution in [0.3, 0.4) is 0 Å². The lowest BCUT2D eigenvalue weighted by Crippen LogP contribution is -1.99. The molecule has 0 spiro atoms. The Kier molecular flexibility index (Phi) is 3.51. The standard InChI is InChI=1S/C19H12N4O3S/c1-11-8-18(24)26-15-9-13(2-3-14(11)15)25-17-5-4-16-20-21-19(23(16)22-17)12-6-7-27-10-12/h2-10H,1H3. The number of fused-ring (bicyclic) bond motifs is 2. The molecule has 8 heteroatoms. The molecule has 0 radical (unpaired) electrons. The van der Waals surface area contributed by atoms with Gasteiger partial charge in [-0.1, -0.05) is 0 Å². The van der Waals surface area contributed by atoms with Gasteiger partial charge in [0.15, 0.2) is 11.5 Å². The molecule has 0 aliphatic carbocycles. The van der Waals surface area contributed by atoms with Crippen molar-refractivity contribution in [2.75, 3.05) is 0 Å². The van der Waals surface area contributed by atoms with Crippen molar-refractivity contribution in [1.29, 1.82) is 0 Å². The fourth-order valence-corrected chi connectivity index (χ4v) is 3.52. The average Bonchev–Trinajstić information content (AvgIpc) is 3.30. The summed E-state index contributed by atoms with van der Waals surface area (Å²) >= 11 is 1.58. The maximum absolute atomic E-state index is 11.6. The lowest BCUT2D eigenvalue weighted by Gasteiger charge is -2.07. The summed E-state index contributed by atoms with van der Waals surface area (Å²) in [6, 6.07) is 12.3. The van der Waals surface area contributed by atoms with Gasteiger partial charge in [-0.05, 0) is 42.1 Å². The van der Waals surface area contributed by atoms with Crippen LogP contribution < -0.4 is 10.4 Å². The topological polar surface area (TPSA) is 82.5 Å². The Bertz CT molecular complexity index is 1340. The minimum atomic E-state index is -0.387. The summed E-state index contributed by atoms with van der Waals surface area (Å²) in [4.78, 5) is 11.6. The van der Waals surface area contributed by atoms with Crippen molar-refractivity contribution in [3.63, 3.8) is 0 Å². The number of ether oxygens (including phenoxy) is 1. The van der Waals surface area contributed by atoms with Crippen molar-refractivity contribution in [3.8, 4) is 23.0 Å². The molecule has 7 nitrogen and oxygen atoms in total. The summed E-state index contributed by atoms with van der Waals surface area (Å²) in [5, 5.41) is 17.6. The lowest BCUT2D eigenvalue weighted by atomic mass is 10.1. The molecule has 132 valence electrons. The number of aryl methyl sites for hydroxylation is 1. The average molecular weight is 376 g/mol. The third-order valence-corrected chi connectivity index (χ3v) is 4.85. The Labute approximate surface area is 156 Å². The molecule has 0 bridgehead atoms. The fourth-order valence-electron chi connectivity index (χ4n) is 2.89. The van der Waals surface area contributed by atoms with Crippen molar-refractivity contribution in [1.82, 2.24) is 19.8 Å². The first-order valence-electron chi connectivity index (χ1n) is 8.15. The quantitative estimate of drug-likeness (QED) is 0.442. The van der Waals surface area contributed by atoms with Crippen LogP contribution in [-0.4, -0.2) is 19.8 Å². The summed E-state index contributed by atoms with van der Waals surface area (Å²) in [5.74, 6) is 1.55. The van der Waals surface area contributed by atoms with Crippen molar-refractivity contribution < 1.29 is 9.15 Å². The lowest BCUT2D eigenvalue weighted by molar-refractivity contribution is 0.451. The number of hydrogen-bond donors (Lipinski definition) is 0. The predicted octanol–water partition coefficient (Wildman–Crippen LogP) is 4.06. The van der Waals surface area contributed by atoms with Crippen LogP contribution in [0.1, 0.15) is 5.56 Å². The number of thiophene rings is 1. The fraction of sp³-hybridized carbons (Fsp3) is 0.0526. The van der Waals surface area contributed by atoms with Crippen LogP contribution in [0.2, 0.25) is 0 Å². The molecular weight excluding hydrogens is 364 g/mol. The first kappa shape index (κ1) is 15.7. The summed E-state index contributed by atoms with van der Waals surface area (Å²) in [6.07, 6.45) is 0. The molecule has 0 fully saturated rings. The maximum atomic E-state index is 11.6. The monoisotopic (exact) mass is 376 g/mol. The van der Waals surface area contributed by atoms with Gasteiger partial charge in [0.05, 0.1) is 0 Å². The van der Waals surface area contributed by atoms with Crippen LogP contribution in [-0.2, 0) is 0 Å². The molecule has 27 heavy (non-hydrogen) atoms. The van der Waals surface area contributed by atoms with E-state index in [-0.39, 0.29) is 5.63 Å². The van der Waals surface area contributed by atoms with E-state index in [9.17, 15) is 4.79 Å². The number of nitrogens with zero attached hydrogens (tertiary/aromatic N) is 4.